The summed E-state index contributed by atoms with van der Waals surface area (Å²) in [6.07, 6.45) is 0. The third-order valence-electron chi connectivity index (χ3n) is 3.79. The van der Waals surface area contributed by atoms with E-state index in [2.05, 4.69) is 48.3 Å². The molecular weight excluding hydrogens is 258 g/mol. The Balaban J connectivity index is 1.86. The third kappa shape index (κ3) is 3.99. The Hall–Kier alpha value is -0.490. The van der Waals surface area contributed by atoms with Gasteiger partial charge in [-0.05, 0) is 27.7 Å². The quantitative estimate of drug-likeness (QED) is 0.899. The van der Waals surface area contributed by atoms with Gasteiger partial charge in [-0.1, -0.05) is 0 Å². The van der Waals surface area contributed by atoms with Crippen molar-refractivity contribution in [2.24, 2.45) is 0 Å². The van der Waals surface area contributed by atoms with Crippen molar-refractivity contribution in [3.8, 4) is 0 Å². The minimum atomic E-state index is 0.156. The fourth-order valence-electron chi connectivity index (χ4n) is 2.37. The zero-order valence-electron chi connectivity index (χ0n) is 12.4. The van der Waals surface area contributed by atoms with Crippen molar-refractivity contribution >= 4 is 11.3 Å². The van der Waals surface area contributed by atoms with Crippen molar-refractivity contribution < 1.29 is 4.74 Å². The summed E-state index contributed by atoms with van der Waals surface area (Å²) in [4.78, 5) is 7.05. The van der Waals surface area contributed by atoms with Gasteiger partial charge in [0.2, 0.25) is 0 Å². The first-order valence-electron chi connectivity index (χ1n) is 6.97. The van der Waals surface area contributed by atoms with Gasteiger partial charge in [0.1, 0.15) is 0 Å². The number of nitrogens with one attached hydrogen (secondary N) is 1. The van der Waals surface area contributed by atoms with Crippen LogP contribution in [0.1, 0.15) is 37.5 Å². The molecule has 1 aliphatic heterocycles. The largest absolute Gasteiger partial charge is 0.379 e. The van der Waals surface area contributed by atoms with Crippen molar-refractivity contribution in [2.75, 3.05) is 32.8 Å². The molecule has 1 aromatic heterocycles. The smallest absolute Gasteiger partial charge is 0.0898 e. The van der Waals surface area contributed by atoms with Crippen LogP contribution in [0.5, 0.6) is 0 Å². The maximum absolute atomic E-state index is 5.42. The molecule has 2 rings (SSSR count). The molecule has 1 aliphatic rings. The topological polar surface area (TPSA) is 37.4 Å². The molecule has 108 valence electrons. The predicted molar refractivity (Wildman–Crippen MR) is 79.7 cm³/mol. The fraction of sp³-hybridized carbons (Fsp3) is 0.786. The van der Waals surface area contributed by atoms with Gasteiger partial charge in [-0.15, -0.1) is 11.3 Å². The molecule has 0 saturated carbocycles. The molecule has 0 amide bonds. The molecule has 1 unspecified atom stereocenters. The van der Waals surface area contributed by atoms with E-state index in [4.69, 9.17) is 4.74 Å². The van der Waals surface area contributed by atoms with Crippen molar-refractivity contribution in [3.05, 3.63) is 16.1 Å². The summed E-state index contributed by atoms with van der Waals surface area (Å²) in [6, 6.07) is 0.310. The monoisotopic (exact) mass is 283 g/mol. The second-order valence-corrected chi connectivity index (χ2v) is 6.87. The average Bonchev–Trinajstić information content (AvgIpc) is 2.84. The molecule has 0 bridgehead atoms. The van der Waals surface area contributed by atoms with Crippen molar-refractivity contribution in [1.82, 2.24) is 15.2 Å². The van der Waals surface area contributed by atoms with Gasteiger partial charge in [-0.25, -0.2) is 4.98 Å². The lowest BCUT2D eigenvalue weighted by Gasteiger charge is -2.41. The Labute approximate surface area is 120 Å². The summed E-state index contributed by atoms with van der Waals surface area (Å²) in [7, 11) is 0. The molecular formula is C14H25N3OS. The van der Waals surface area contributed by atoms with Crippen LogP contribution in [0.2, 0.25) is 0 Å². The zero-order valence-corrected chi connectivity index (χ0v) is 13.2. The SMILES string of the molecule is Cc1nc(C(C)NCC(C)(C)N2CCOCC2)cs1. The van der Waals surface area contributed by atoms with E-state index in [1.807, 2.05) is 0 Å². The summed E-state index contributed by atoms with van der Waals surface area (Å²) in [6.45, 7) is 13.5. The molecule has 0 aromatic carbocycles. The number of hydrogen-bond donors (Lipinski definition) is 1. The number of hydrogen-bond acceptors (Lipinski definition) is 5. The van der Waals surface area contributed by atoms with Crippen molar-refractivity contribution in [1.29, 1.82) is 0 Å². The van der Waals surface area contributed by atoms with Gasteiger partial charge >= 0.3 is 0 Å². The first kappa shape index (κ1) is 14.9. The molecule has 19 heavy (non-hydrogen) atoms. The predicted octanol–water partition coefficient (Wildman–Crippen LogP) is 2.21. The summed E-state index contributed by atoms with van der Waals surface area (Å²) >= 11 is 1.72. The molecule has 4 nitrogen and oxygen atoms in total. The number of thiazole rings is 1. The van der Waals surface area contributed by atoms with E-state index in [0.717, 1.165) is 43.5 Å². The van der Waals surface area contributed by atoms with Crippen LogP contribution in [-0.2, 0) is 4.74 Å². The molecule has 5 heteroatoms. The third-order valence-corrected chi connectivity index (χ3v) is 4.58. The standard InChI is InChI=1S/C14H25N3OS/c1-11(13-9-19-12(2)16-13)15-10-14(3,4)17-5-7-18-8-6-17/h9,11,15H,5-8,10H2,1-4H3. The number of rotatable bonds is 5. The van der Waals surface area contributed by atoms with Crippen LogP contribution in [-0.4, -0.2) is 48.3 Å². The molecule has 0 radical (unpaired) electrons. The van der Waals surface area contributed by atoms with E-state index in [-0.39, 0.29) is 5.54 Å². The lowest BCUT2D eigenvalue weighted by Crippen LogP contribution is -2.54. The Kier molecular flexibility index (Phi) is 4.95. The molecule has 1 aromatic rings. The van der Waals surface area contributed by atoms with Gasteiger partial charge in [0.15, 0.2) is 0 Å². The van der Waals surface area contributed by atoms with Crippen LogP contribution in [0.3, 0.4) is 0 Å². The minimum absolute atomic E-state index is 0.156. The van der Waals surface area contributed by atoms with E-state index < -0.39 is 0 Å². The molecule has 0 aliphatic carbocycles. The van der Waals surface area contributed by atoms with E-state index in [1.165, 1.54) is 0 Å². The summed E-state index contributed by atoms with van der Waals surface area (Å²) in [5, 5.41) is 6.89. The fourth-order valence-corrected chi connectivity index (χ4v) is 3.07. The second-order valence-electron chi connectivity index (χ2n) is 5.81. The van der Waals surface area contributed by atoms with Crippen LogP contribution >= 0.6 is 11.3 Å². The first-order valence-corrected chi connectivity index (χ1v) is 7.85. The highest BCUT2D eigenvalue weighted by molar-refractivity contribution is 7.09. The highest BCUT2D eigenvalue weighted by Crippen LogP contribution is 2.19. The Bertz CT molecular complexity index is 399. The molecule has 1 saturated heterocycles. The first-order chi connectivity index (χ1) is 8.99. The van der Waals surface area contributed by atoms with Gasteiger partial charge < -0.3 is 10.1 Å². The van der Waals surface area contributed by atoms with Gasteiger partial charge in [-0.3, -0.25) is 4.90 Å². The summed E-state index contributed by atoms with van der Waals surface area (Å²) in [5.74, 6) is 0. The molecule has 0 spiro atoms. The van der Waals surface area contributed by atoms with E-state index in [1.54, 1.807) is 11.3 Å². The number of morpholine rings is 1. The normalized spacial score (nSPS) is 19.6. The summed E-state index contributed by atoms with van der Waals surface area (Å²) in [5.41, 5.74) is 1.31. The lowest BCUT2D eigenvalue weighted by atomic mass is 10.0. The second kappa shape index (κ2) is 6.31. The van der Waals surface area contributed by atoms with E-state index in [9.17, 15) is 0 Å². The Morgan fingerprint density at radius 1 is 1.47 bits per heavy atom. The number of ether oxygens (including phenoxy) is 1. The van der Waals surface area contributed by atoms with Crippen molar-refractivity contribution in [2.45, 2.75) is 39.3 Å². The number of nitrogens with zero attached hydrogens (tertiary/aromatic N) is 2. The van der Waals surface area contributed by atoms with Crippen LogP contribution in [0.15, 0.2) is 5.38 Å². The molecule has 1 N–H and O–H groups in total. The Morgan fingerprint density at radius 2 is 2.16 bits per heavy atom. The zero-order chi connectivity index (χ0) is 13.9. The van der Waals surface area contributed by atoms with Crippen molar-refractivity contribution in [3.63, 3.8) is 0 Å². The maximum Gasteiger partial charge on any atom is 0.0898 e. The van der Waals surface area contributed by atoms with Gasteiger partial charge in [-0.2, -0.15) is 0 Å². The van der Waals surface area contributed by atoms with Crippen LogP contribution in [0.4, 0.5) is 0 Å². The van der Waals surface area contributed by atoms with Gasteiger partial charge in [0, 0.05) is 36.6 Å². The summed E-state index contributed by atoms with van der Waals surface area (Å²) < 4.78 is 5.42. The number of aromatic nitrogens is 1. The number of aryl methyl sites for hydroxylation is 1. The van der Waals surface area contributed by atoms with Crippen LogP contribution in [0, 0.1) is 6.92 Å². The van der Waals surface area contributed by atoms with Gasteiger partial charge in [0.05, 0.1) is 23.9 Å². The van der Waals surface area contributed by atoms with E-state index in [0.29, 0.717) is 6.04 Å². The maximum atomic E-state index is 5.42. The highest BCUT2D eigenvalue weighted by atomic mass is 32.1. The average molecular weight is 283 g/mol. The molecule has 1 fully saturated rings. The van der Waals surface area contributed by atoms with Gasteiger partial charge in [0.25, 0.3) is 0 Å². The Morgan fingerprint density at radius 3 is 2.74 bits per heavy atom. The highest BCUT2D eigenvalue weighted by Gasteiger charge is 2.28. The minimum Gasteiger partial charge on any atom is -0.379 e. The van der Waals surface area contributed by atoms with Crippen LogP contribution < -0.4 is 5.32 Å². The van der Waals surface area contributed by atoms with E-state index >= 15 is 0 Å². The molecule has 2 heterocycles. The lowest BCUT2D eigenvalue weighted by molar-refractivity contribution is -0.0102. The van der Waals surface area contributed by atoms with Crippen LogP contribution in [0.25, 0.3) is 0 Å². The molecule has 1 atom stereocenters.